The number of fused-ring (bicyclic) bond motifs is 1. The average molecular weight is 512 g/mol. The van der Waals surface area contributed by atoms with Crippen molar-refractivity contribution in [2.75, 3.05) is 32.1 Å². The zero-order valence-electron chi connectivity index (χ0n) is 22.1. The molecule has 3 atom stereocenters. The summed E-state index contributed by atoms with van der Waals surface area (Å²) in [6, 6.07) is 7.84. The first-order chi connectivity index (χ1) is 17.6. The number of carbonyl (C=O) groups excluding carboxylic acids is 3. The van der Waals surface area contributed by atoms with E-state index in [-0.39, 0.29) is 48.9 Å². The maximum absolute atomic E-state index is 13.3. The summed E-state index contributed by atoms with van der Waals surface area (Å²) in [6.45, 7) is 8.05. The maximum Gasteiger partial charge on any atom is 0.317 e. The van der Waals surface area contributed by atoms with Gasteiger partial charge in [0.15, 0.2) is 0 Å². The van der Waals surface area contributed by atoms with Crippen molar-refractivity contribution in [1.29, 1.82) is 0 Å². The summed E-state index contributed by atoms with van der Waals surface area (Å²) in [5.74, 6) is -0.0626. The van der Waals surface area contributed by atoms with Crippen LogP contribution in [0.2, 0.25) is 0 Å². The first kappa shape index (κ1) is 27.9. The number of ether oxygens (including phenoxy) is 1. The van der Waals surface area contributed by atoms with E-state index in [0.29, 0.717) is 35.7 Å². The number of aliphatic hydroxyl groups excluding tert-OH is 1. The fourth-order valence-corrected chi connectivity index (χ4v) is 4.14. The third kappa shape index (κ3) is 7.42. The molecule has 0 spiro atoms. The summed E-state index contributed by atoms with van der Waals surface area (Å²) >= 11 is 0. The summed E-state index contributed by atoms with van der Waals surface area (Å²) in [5, 5.41) is 15.5. The molecule has 0 aliphatic carbocycles. The highest BCUT2D eigenvalue weighted by Gasteiger charge is 2.32. The zero-order chi connectivity index (χ0) is 27.1. The van der Waals surface area contributed by atoms with Crippen molar-refractivity contribution in [3.05, 3.63) is 53.9 Å². The van der Waals surface area contributed by atoms with E-state index in [1.165, 1.54) is 0 Å². The lowest BCUT2D eigenvalue weighted by Crippen LogP contribution is -2.49. The van der Waals surface area contributed by atoms with Gasteiger partial charge < -0.3 is 30.3 Å². The highest BCUT2D eigenvalue weighted by Crippen LogP contribution is 2.29. The fourth-order valence-electron chi connectivity index (χ4n) is 4.14. The lowest BCUT2D eigenvalue weighted by atomic mass is 10.0. The summed E-state index contributed by atoms with van der Waals surface area (Å²) in [5.41, 5.74) is 1.60. The second kappa shape index (κ2) is 12.5. The number of nitrogens with zero attached hydrogens (tertiary/aromatic N) is 3. The number of hydrogen-bond donors (Lipinski definition) is 3. The molecule has 2 aromatic rings. The molecular weight excluding hydrogens is 474 g/mol. The summed E-state index contributed by atoms with van der Waals surface area (Å²) in [7, 11) is 1.71. The van der Waals surface area contributed by atoms with Crippen molar-refractivity contribution in [1.82, 2.24) is 20.1 Å². The molecule has 10 heteroatoms. The van der Waals surface area contributed by atoms with Crippen LogP contribution in [0.5, 0.6) is 5.75 Å². The molecule has 1 aliphatic heterocycles. The van der Waals surface area contributed by atoms with E-state index in [1.807, 2.05) is 20.8 Å². The van der Waals surface area contributed by atoms with E-state index in [9.17, 15) is 19.5 Å². The van der Waals surface area contributed by atoms with Crippen molar-refractivity contribution in [3.63, 3.8) is 0 Å². The lowest BCUT2D eigenvalue weighted by molar-refractivity contribution is -0.134. The Hall–Kier alpha value is -3.66. The van der Waals surface area contributed by atoms with Gasteiger partial charge in [-0.1, -0.05) is 6.92 Å². The molecule has 1 aromatic heterocycles. The number of pyridine rings is 1. The van der Waals surface area contributed by atoms with Gasteiger partial charge in [0.05, 0.1) is 25.6 Å². The SMILES string of the molecule is CC(C)NC(=O)N(C)C[C@@H]1Oc2ccc(NC(=O)c3ccncc3)cc2CC(=O)N([C@H](C)CO)C[C@@H]1C. The third-order valence-corrected chi connectivity index (χ3v) is 6.33. The van der Waals surface area contributed by atoms with Crippen LogP contribution in [0.15, 0.2) is 42.7 Å². The number of anilines is 1. The molecule has 2 heterocycles. The Labute approximate surface area is 218 Å². The second-order valence-electron chi connectivity index (χ2n) is 9.89. The van der Waals surface area contributed by atoms with Gasteiger partial charge in [0.2, 0.25) is 5.91 Å². The monoisotopic (exact) mass is 511 g/mol. The quantitative estimate of drug-likeness (QED) is 0.525. The van der Waals surface area contributed by atoms with E-state index < -0.39 is 6.10 Å². The van der Waals surface area contributed by atoms with E-state index in [0.717, 1.165) is 0 Å². The minimum atomic E-state index is -0.418. The van der Waals surface area contributed by atoms with E-state index >= 15 is 0 Å². The second-order valence-corrected chi connectivity index (χ2v) is 9.89. The molecule has 10 nitrogen and oxygen atoms in total. The number of urea groups is 1. The summed E-state index contributed by atoms with van der Waals surface area (Å²) < 4.78 is 6.43. The van der Waals surface area contributed by atoms with E-state index in [4.69, 9.17) is 4.74 Å². The molecule has 0 saturated heterocycles. The molecule has 4 amide bonds. The molecule has 0 bridgehead atoms. The summed E-state index contributed by atoms with van der Waals surface area (Å²) in [6.07, 6.45) is 2.71. The zero-order valence-corrected chi connectivity index (χ0v) is 22.1. The smallest absolute Gasteiger partial charge is 0.317 e. The number of carbonyl (C=O) groups is 3. The Morgan fingerprint density at radius 2 is 1.92 bits per heavy atom. The molecule has 200 valence electrons. The molecule has 1 aromatic carbocycles. The van der Waals surface area contributed by atoms with Gasteiger partial charge in [-0.25, -0.2) is 4.79 Å². The van der Waals surface area contributed by atoms with Crippen molar-refractivity contribution < 1.29 is 24.2 Å². The Balaban J connectivity index is 1.91. The van der Waals surface area contributed by atoms with Crippen molar-refractivity contribution >= 4 is 23.5 Å². The lowest BCUT2D eigenvalue weighted by Gasteiger charge is -2.34. The van der Waals surface area contributed by atoms with Crippen LogP contribution in [-0.4, -0.2) is 82.7 Å². The number of rotatable bonds is 7. The number of aromatic nitrogens is 1. The predicted octanol–water partition coefficient (Wildman–Crippen LogP) is 2.53. The molecule has 0 fully saturated rings. The topological polar surface area (TPSA) is 124 Å². The largest absolute Gasteiger partial charge is 0.488 e. The first-order valence-corrected chi connectivity index (χ1v) is 12.5. The molecule has 3 rings (SSSR count). The normalized spacial score (nSPS) is 18.6. The van der Waals surface area contributed by atoms with Crippen molar-refractivity contribution in [2.45, 2.75) is 52.3 Å². The molecule has 1 aliphatic rings. The van der Waals surface area contributed by atoms with Crippen LogP contribution in [0.25, 0.3) is 0 Å². The van der Waals surface area contributed by atoms with Gasteiger partial charge in [0.25, 0.3) is 5.91 Å². The molecule has 3 N–H and O–H groups in total. The highest BCUT2D eigenvalue weighted by molar-refractivity contribution is 6.04. The summed E-state index contributed by atoms with van der Waals surface area (Å²) in [4.78, 5) is 45.7. The molecule has 0 radical (unpaired) electrons. The number of hydrogen-bond acceptors (Lipinski definition) is 6. The number of nitrogens with one attached hydrogen (secondary N) is 2. The van der Waals surface area contributed by atoms with Crippen LogP contribution in [0, 0.1) is 5.92 Å². The van der Waals surface area contributed by atoms with Gasteiger partial charge in [-0.15, -0.1) is 0 Å². The third-order valence-electron chi connectivity index (χ3n) is 6.33. The van der Waals surface area contributed by atoms with Gasteiger partial charge in [-0.3, -0.25) is 14.6 Å². The van der Waals surface area contributed by atoms with E-state index in [2.05, 4.69) is 15.6 Å². The van der Waals surface area contributed by atoms with Crippen molar-refractivity contribution in [2.24, 2.45) is 5.92 Å². The minimum Gasteiger partial charge on any atom is -0.488 e. The number of likely N-dealkylation sites (N-methyl/N-ethyl adjacent to an activating group) is 1. The Morgan fingerprint density at radius 3 is 2.57 bits per heavy atom. The van der Waals surface area contributed by atoms with Crippen LogP contribution in [0.4, 0.5) is 10.5 Å². The van der Waals surface area contributed by atoms with Crippen LogP contribution < -0.4 is 15.4 Å². The maximum atomic E-state index is 13.3. The Kier molecular flexibility index (Phi) is 9.46. The van der Waals surface area contributed by atoms with Crippen LogP contribution in [0.1, 0.15) is 43.6 Å². The molecule has 0 unspecified atom stereocenters. The van der Waals surface area contributed by atoms with Gasteiger partial charge in [-0.2, -0.15) is 0 Å². The average Bonchev–Trinajstić information content (AvgIpc) is 2.91. The first-order valence-electron chi connectivity index (χ1n) is 12.5. The number of amides is 4. The van der Waals surface area contributed by atoms with Gasteiger partial charge in [0.1, 0.15) is 11.9 Å². The van der Waals surface area contributed by atoms with Gasteiger partial charge >= 0.3 is 6.03 Å². The fraction of sp³-hybridized carbons (Fsp3) is 0.481. The van der Waals surface area contributed by atoms with Gasteiger partial charge in [0, 0.05) is 54.8 Å². The van der Waals surface area contributed by atoms with Gasteiger partial charge in [-0.05, 0) is 51.1 Å². The molecular formula is C27H37N5O5. The molecule has 0 saturated carbocycles. The number of aliphatic hydroxyl groups is 1. The van der Waals surface area contributed by atoms with E-state index in [1.54, 1.807) is 66.5 Å². The van der Waals surface area contributed by atoms with Crippen LogP contribution >= 0.6 is 0 Å². The predicted molar refractivity (Wildman–Crippen MR) is 140 cm³/mol. The minimum absolute atomic E-state index is 0.00570. The molecule has 37 heavy (non-hydrogen) atoms. The van der Waals surface area contributed by atoms with Crippen LogP contribution in [0.3, 0.4) is 0 Å². The Bertz CT molecular complexity index is 1090. The van der Waals surface area contributed by atoms with Crippen molar-refractivity contribution in [3.8, 4) is 5.75 Å². The van der Waals surface area contributed by atoms with Crippen LogP contribution in [-0.2, 0) is 11.2 Å². The highest BCUT2D eigenvalue weighted by atomic mass is 16.5. The Morgan fingerprint density at radius 1 is 1.22 bits per heavy atom. The standard InChI is InChI=1S/C27H37N5O5/c1-17(2)29-27(36)31(5)15-24-18(3)14-32(19(4)16-33)25(34)13-21-12-22(6-7-23(21)37-24)30-26(35)20-8-10-28-11-9-20/h6-12,17-19,24,33H,13-16H2,1-5H3,(H,29,36)(H,30,35)/t18-,19+,24-/m0/s1. The number of benzene rings is 1.